The average Bonchev–Trinajstić information content (AvgIpc) is 2.81. The molecule has 0 atom stereocenters. The van der Waals surface area contributed by atoms with Crippen molar-refractivity contribution in [1.82, 2.24) is 24.9 Å². The zero-order valence-corrected chi connectivity index (χ0v) is 19.5. The number of fused-ring (bicyclic) bond motifs is 1. The van der Waals surface area contributed by atoms with E-state index in [-0.39, 0.29) is 28.5 Å². The maximum Gasteiger partial charge on any atom is 0.433 e. The molecule has 9 nitrogen and oxygen atoms in total. The third-order valence-corrected chi connectivity index (χ3v) is 5.85. The van der Waals surface area contributed by atoms with E-state index in [1.54, 1.807) is 0 Å². The Balaban J connectivity index is 1.95. The number of aromatic nitrogens is 5. The summed E-state index contributed by atoms with van der Waals surface area (Å²) in [6.07, 6.45) is -6.87. The summed E-state index contributed by atoms with van der Waals surface area (Å²) in [6, 6.07) is 4.29. The molecular weight excluding hydrogens is 530 g/mol. The van der Waals surface area contributed by atoms with Gasteiger partial charge in [-0.2, -0.15) is 36.3 Å². The maximum atomic E-state index is 13.7. The fourth-order valence-corrected chi connectivity index (χ4v) is 4.09. The minimum Gasteiger partial charge on any atom is -0.467 e. The molecule has 0 aromatic carbocycles. The second-order valence-corrected chi connectivity index (χ2v) is 9.42. The summed E-state index contributed by atoms with van der Waals surface area (Å²) in [7, 11) is -3.03. The second-order valence-electron chi connectivity index (χ2n) is 7.49. The van der Waals surface area contributed by atoms with Crippen LogP contribution in [-0.4, -0.2) is 46.7 Å². The summed E-state index contributed by atoms with van der Waals surface area (Å²) >= 11 is 0. The Morgan fingerprint density at radius 3 is 2.24 bits per heavy atom. The van der Waals surface area contributed by atoms with Crippen molar-refractivity contribution in [3.63, 3.8) is 0 Å². The lowest BCUT2D eigenvalue weighted by Gasteiger charge is -2.16. The van der Waals surface area contributed by atoms with Crippen LogP contribution >= 0.6 is 0 Å². The molecular formula is C21H14F6N6O3S. The molecule has 0 amide bonds. The van der Waals surface area contributed by atoms with Crippen LogP contribution in [0.1, 0.15) is 11.3 Å². The lowest BCUT2D eigenvalue weighted by Crippen LogP contribution is -2.12. The van der Waals surface area contributed by atoms with E-state index in [0.29, 0.717) is 6.07 Å². The highest BCUT2D eigenvalue weighted by Gasteiger charge is 2.36. The average molecular weight is 544 g/mol. The van der Waals surface area contributed by atoms with Gasteiger partial charge in [0.25, 0.3) is 0 Å². The van der Waals surface area contributed by atoms with Crippen molar-refractivity contribution >= 4 is 32.4 Å². The number of nitrogens with zero attached hydrogens (tertiary/aromatic N) is 5. The standard InChI is InChI=1S/C21H14F6N6O3S/c1-36-19-31-13-8-11(15-12(20(22,23)24)4-3-7-28-15)18(37(2,34)35)32-16(13)17(33-19)30-10-5-6-14(29-9-10)21(25,26)27/h3-9H,1-2H3,(H,30,31,33). The van der Waals surface area contributed by atoms with Gasteiger partial charge in [-0.05, 0) is 30.3 Å². The normalized spacial score (nSPS) is 12.5. The molecule has 4 heterocycles. The first-order valence-corrected chi connectivity index (χ1v) is 11.9. The molecule has 0 radical (unpaired) electrons. The van der Waals surface area contributed by atoms with Gasteiger partial charge in [-0.25, -0.2) is 18.4 Å². The van der Waals surface area contributed by atoms with Gasteiger partial charge in [-0.3, -0.25) is 4.98 Å². The van der Waals surface area contributed by atoms with Crippen molar-refractivity contribution < 1.29 is 39.5 Å². The second kappa shape index (κ2) is 9.10. The molecule has 37 heavy (non-hydrogen) atoms. The van der Waals surface area contributed by atoms with E-state index in [1.165, 1.54) is 7.11 Å². The molecule has 16 heteroatoms. The Morgan fingerprint density at radius 2 is 1.68 bits per heavy atom. The molecule has 0 aliphatic rings. The van der Waals surface area contributed by atoms with Gasteiger partial charge in [0, 0.05) is 18.0 Å². The van der Waals surface area contributed by atoms with Crippen LogP contribution < -0.4 is 10.1 Å². The Hall–Kier alpha value is -4.08. The number of anilines is 2. The summed E-state index contributed by atoms with van der Waals surface area (Å²) in [5.74, 6) is -0.197. The van der Waals surface area contributed by atoms with Crippen LogP contribution in [0.2, 0.25) is 0 Å². The minimum atomic E-state index is -4.86. The SMILES string of the molecule is COc1nc(Nc2ccc(C(F)(F)F)nc2)c2nc(S(C)(=O)=O)c(-c3ncccc3C(F)(F)F)cc2n1. The van der Waals surface area contributed by atoms with Gasteiger partial charge < -0.3 is 10.1 Å². The summed E-state index contributed by atoms with van der Waals surface area (Å²) < 4.78 is 110. The van der Waals surface area contributed by atoms with E-state index in [0.717, 1.165) is 42.9 Å². The number of pyridine rings is 3. The third kappa shape index (κ3) is 5.37. The smallest absolute Gasteiger partial charge is 0.433 e. The highest BCUT2D eigenvalue weighted by molar-refractivity contribution is 7.90. The Labute approximate surface area is 204 Å². The van der Waals surface area contributed by atoms with Crippen molar-refractivity contribution in [1.29, 1.82) is 0 Å². The molecule has 194 valence electrons. The predicted molar refractivity (Wildman–Crippen MR) is 118 cm³/mol. The Bertz CT molecular complexity index is 1590. The summed E-state index contributed by atoms with van der Waals surface area (Å²) in [5, 5.41) is 1.92. The molecule has 0 unspecified atom stereocenters. The van der Waals surface area contributed by atoms with Crippen molar-refractivity contribution in [2.45, 2.75) is 17.4 Å². The van der Waals surface area contributed by atoms with Gasteiger partial charge >= 0.3 is 18.4 Å². The molecule has 1 N–H and O–H groups in total. The van der Waals surface area contributed by atoms with Crippen LogP contribution in [0.25, 0.3) is 22.3 Å². The molecule has 0 aliphatic carbocycles. The topological polar surface area (TPSA) is 120 Å². The monoisotopic (exact) mass is 544 g/mol. The van der Waals surface area contributed by atoms with Crippen LogP contribution in [0.4, 0.5) is 37.8 Å². The molecule has 0 spiro atoms. The predicted octanol–water partition coefficient (Wildman–Crippen LogP) is 4.68. The van der Waals surface area contributed by atoms with Gasteiger partial charge in [0.1, 0.15) is 11.2 Å². The van der Waals surface area contributed by atoms with E-state index in [1.807, 2.05) is 0 Å². The molecule has 0 saturated heterocycles. The lowest BCUT2D eigenvalue weighted by molar-refractivity contribution is -0.141. The number of nitrogens with one attached hydrogen (secondary N) is 1. The fraction of sp³-hybridized carbons (Fsp3) is 0.190. The highest BCUT2D eigenvalue weighted by Crippen LogP contribution is 2.39. The minimum absolute atomic E-state index is 0.0194. The quantitative estimate of drug-likeness (QED) is 0.357. The molecule has 4 aromatic rings. The number of rotatable bonds is 5. The number of ether oxygens (including phenoxy) is 1. The summed E-state index contributed by atoms with van der Waals surface area (Å²) in [6.45, 7) is 0. The van der Waals surface area contributed by atoms with Crippen molar-refractivity contribution in [2.75, 3.05) is 18.7 Å². The highest BCUT2D eigenvalue weighted by atomic mass is 32.2. The van der Waals surface area contributed by atoms with Crippen molar-refractivity contribution in [3.05, 3.63) is 54.0 Å². The van der Waals surface area contributed by atoms with Gasteiger partial charge in [-0.15, -0.1) is 0 Å². The van der Waals surface area contributed by atoms with Crippen LogP contribution in [0, 0.1) is 0 Å². The molecule has 4 rings (SSSR count). The summed E-state index contributed by atoms with van der Waals surface area (Å²) in [5.41, 5.74) is -3.83. The molecule has 4 aromatic heterocycles. The van der Waals surface area contributed by atoms with Gasteiger partial charge in [0.2, 0.25) is 0 Å². The Kier molecular flexibility index (Phi) is 6.39. The Morgan fingerprint density at radius 1 is 0.946 bits per heavy atom. The fourth-order valence-electron chi connectivity index (χ4n) is 3.27. The van der Waals surface area contributed by atoms with Crippen molar-refractivity contribution in [2.24, 2.45) is 0 Å². The first-order chi connectivity index (χ1) is 17.2. The van der Waals surface area contributed by atoms with Crippen molar-refractivity contribution in [3.8, 4) is 17.3 Å². The number of hydrogen-bond donors (Lipinski definition) is 1. The van der Waals surface area contributed by atoms with Gasteiger partial charge in [-0.1, -0.05) is 0 Å². The van der Waals surface area contributed by atoms with Crippen LogP contribution in [0.3, 0.4) is 0 Å². The zero-order valence-electron chi connectivity index (χ0n) is 18.7. The largest absolute Gasteiger partial charge is 0.467 e. The maximum absolute atomic E-state index is 13.7. The third-order valence-electron chi connectivity index (χ3n) is 4.83. The van der Waals surface area contributed by atoms with E-state index >= 15 is 0 Å². The number of methoxy groups -OCH3 is 1. The zero-order chi connectivity index (χ0) is 27.2. The number of alkyl halides is 6. The van der Waals surface area contributed by atoms with Gasteiger partial charge in [0.15, 0.2) is 20.7 Å². The lowest BCUT2D eigenvalue weighted by atomic mass is 10.1. The van der Waals surface area contributed by atoms with E-state index in [4.69, 9.17) is 4.74 Å². The van der Waals surface area contributed by atoms with E-state index < -0.39 is 49.7 Å². The molecule has 0 fully saturated rings. The first kappa shape index (κ1) is 26.0. The molecule has 0 aliphatic heterocycles. The van der Waals surface area contributed by atoms with E-state index in [2.05, 4.69) is 30.2 Å². The number of sulfone groups is 1. The van der Waals surface area contributed by atoms with Crippen LogP contribution in [0.15, 0.2) is 47.8 Å². The van der Waals surface area contributed by atoms with Crippen LogP contribution in [-0.2, 0) is 22.2 Å². The first-order valence-electron chi connectivity index (χ1n) is 9.98. The van der Waals surface area contributed by atoms with E-state index in [9.17, 15) is 34.8 Å². The molecule has 0 saturated carbocycles. The number of halogens is 6. The molecule has 0 bridgehead atoms. The number of hydrogen-bond acceptors (Lipinski definition) is 9. The van der Waals surface area contributed by atoms with Crippen LogP contribution in [0.5, 0.6) is 6.01 Å². The summed E-state index contributed by atoms with van der Waals surface area (Å²) in [4.78, 5) is 19.2. The van der Waals surface area contributed by atoms with Gasteiger partial charge in [0.05, 0.1) is 35.8 Å².